The van der Waals surface area contributed by atoms with E-state index in [9.17, 15) is 5.11 Å². The van der Waals surface area contributed by atoms with Crippen LogP contribution in [0.1, 0.15) is 24.5 Å². The first-order valence-corrected chi connectivity index (χ1v) is 8.79. The van der Waals surface area contributed by atoms with E-state index in [1.54, 1.807) is 0 Å². The zero-order valence-corrected chi connectivity index (χ0v) is 15.4. The first-order valence-electron chi connectivity index (χ1n) is 7.62. The lowest BCUT2D eigenvalue weighted by molar-refractivity contribution is 0.237. The van der Waals surface area contributed by atoms with Gasteiger partial charge in [0, 0.05) is 27.6 Å². The molecule has 0 amide bonds. The normalized spacial score (nSPS) is 12.2. The Balaban J connectivity index is 2.04. The summed E-state index contributed by atoms with van der Waals surface area (Å²) >= 11 is 9.39. The highest BCUT2D eigenvalue weighted by molar-refractivity contribution is 9.10. The van der Waals surface area contributed by atoms with Crippen LogP contribution in [0.5, 0.6) is 5.75 Å². The van der Waals surface area contributed by atoms with Crippen molar-refractivity contribution in [2.45, 2.75) is 32.5 Å². The molecule has 2 N–H and O–H groups in total. The minimum absolute atomic E-state index is 0.0955. The van der Waals surface area contributed by atoms with Crippen LogP contribution < -0.4 is 10.1 Å². The fraction of sp³-hybridized carbons (Fsp3) is 0.333. The van der Waals surface area contributed by atoms with E-state index in [1.807, 2.05) is 49.4 Å². The van der Waals surface area contributed by atoms with Crippen LogP contribution in [0.15, 0.2) is 46.9 Å². The number of halogens is 2. The monoisotopic (exact) mass is 397 g/mol. The Kier molecular flexibility index (Phi) is 7.37. The Morgan fingerprint density at radius 2 is 1.96 bits per heavy atom. The summed E-state index contributed by atoms with van der Waals surface area (Å²) in [4.78, 5) is 0. The van der Waals surface area contributed by atoms with E-state index < -0.39 is 0 Å². The maximum absolute atomic E-state index is 9.29. The van der Waals surface area contributed by atoms with Gasteiger partial charge in [0.15, 0.2) is 0 Å². The number of hydrogen-bond donors (Lipinski definition) is 2. The van der Waals surface area contributed by atoms with Crippen LogP contribution in [0.25, 0.3) is 0 Å². The molecule has 0 aliphatic carbocycles. The first kappa shape index (κ1) is 18.3. The highest BCUT2D eigenvalue weighted by Gasteiger charge is 2.09. The van der Waals surface area contributed by atoms with Gasteiger partial charge in [0.05, 0.1) is 6.61 Å². The number of aliphatic hydroxyl groups is 1. The molecule has 0 spiro atoms. The highest BCUT2D eigenvalue weighted by Crippen LogP contribution is 2.24. The molecule has 0 aliphatic heterocycles. The molecular formula is C18H21BrClNO2. The molecule has 0 unspecified atom stereocenters. The minimum atomic E-state index is 0.0955. The molecule has 0 aromatic heterocycles. The SMILES string of the molecule is CC[C@H](CO)NCc1cc(Br)ccc1OCc1ccc(Cl)cc1. The van der Waals surface area contributed by atoms with Crippen LogP contribution in [0.3, 0.4) is 0 Å². The Morgan fingerprint density at radius 1 is 1.22 bits per heavy atom. The molecule has 23 heavy (non-hydrogen) atoms. The van der Waals surface area contributed by atoms with E-state index in [4.69, 9.17) is 16.3 Å². The standard InChI is InChI=1S/C18H21BrClNO2/c1-2-17(11-22)21-10-14-9-15(19)5-8-18(14)23-12-13-3-6-16(20)7-4-13/h3-9,17,21-22H,2,10-12H2,1H3/t17-/m1/s1. The van der Waals surface area contributed by atoms with Gasteiger partial charge in [0.25, 0.3) is 0 Å². The van der Waals surface area contributed by atoms with Crippen molar-refractivity contribution in [2.75, 3.05) is 6.61 Å². The van der Waals surface area contributed by atoms with Gasteiger partial charge in [-0.05, 0) is 42.3 Å². The Labute approximate surface area is 150 Å². The van der Waals surface area contributed by atoms with Crippen LogP contribution in [-0.4, -0.2) is 17.8 Å². The van der Waals surface area contributed by atoms with Gasteiger partial charge in [-0.3, -0.25) is 0 Å². The van der Waals surface area contributed by atoms with E-state index in [-0.39, 0.29) is 12.6 Å². The minimum Gasteiger partial charge on any atom is -0.489 e. The number of rotatable bonds is 8. The zero-order valence-electron chi connectivity index (χ0n) is 13.1. The van der Waals surface area contributed by atoms with E-state index in [1.165, 1.54) is 0 Å². The quantitative estimate of drug-likeness (QED) is 0.686. The lowest BCUT2D eigenvalue weighted by Crippen LogP contribution is -2.31. The lowest BCUT2D eigenvalue weighted by Gasteiger charge is -2.17. The molecule has 2 aromatic carbocycles. The largest absolute Gasteiger partial charge is 0.489 e. The smallest absolute Gasteiger partial charge is 0.124 e. The average molecular weight is 399 g/mol. The Hall–Kier alpha value is -1.07. The van der Waals surface area contributed by atoms with Crippen LogP contribution in [0, 0.1) is 0 Å². The van der Waals surface area contributed by atoms with Gasteiger partial charge in [-0.15, -0.1) is 0 Å². The maximum atomic E-state index is 9.29. The van der Waals surface area contributed by atoms with Gasteiger partial charge < -0.3 is 15.2 Å². The summed E-state index contributed by atoms with van der Waals surface area (Å²) in [6.45, 7) is 3.32. The summed E-state index contributed by atoms with van der Waals surface area (Å²) in [7, 11) is 0. The van der Waals surface area contributed by atoms with Crippen molar-refractivity contribution in [2.24, 2.45) is 0 Å². The third kappa shape index (κ3) is 5.81. The van der Waals surface area contributed by atoms with Crippen LogP contribution in [-0.2, 0) is 13.2 Å². The van der Waals surface area contributed by atoms with Crippen LogP contribution in [0.4, 0.5) is 0 Å². The summed E-state index contributed by atoms with van der Waals surface area (Å²) in [5.41, 5.74) is 2.12. The fourth-order valence-corrected chi connectivity index (χ4v) is 2.70. The number of aliphatic hydroxyl groups excluding tert-OH is 1. The van der Waals surface area contributed by atoms with Crippen molar-refractivity contribution in [3.05, 3.63) is 63.1 Å². The third-order valence-electron chi connectivity index (χ3n) is 3.62. The summed E-state index contributed by atoms with van der Waals surface area (Å²) < 4.78 is 6.96. The van der Waals surface area contributed by atoms with Crippen molar-refractivity contribution in [1.29, 1.82) is 0 Å². The van der Waals surface area contributed by atoms with Crippen LogP contribution in [0.2, 0.25) is 5.02 Å². The second-order valence-electron chi connectivity index (χ2n) is 5.34. The predicted octanol–water partition coefficient (Wildman–Crippen LogP) is 4.54. The summed E-state index contributed by atoms with van der Waals surface area (Å²) in [5.74, 6) is 0.837. The zero-order chi connectivity index (χ0) is 16.7. The molecule has 1 atom stereocenters. The second-order valence-corrected chi connectivity index (χ2v) is 6.69. The first-order chi connectivity index (χ1) is 11.1. The molecular weight excluding hydrogens is 378 g/mol. The number of benzene rings is 2. The van der Waals surface area contributed by atoms with Crippen molar-refractivity contribution in [1.82, 2.24) is 5.32 Å². The fourth-order valence-electron chi connectivity index (χ4n) is 2.16. The molecule has 2 rings (SSSR count). The third-order valence-corrected chi connectivity index (χ3v) is 4.37. The molecule has 3 nitrogen and oxygen atoms in total. The Morgan fingerprint density at radius 3 is 2.61 bits per heavy atom. The number of nitrogens with one attached hydrogen (secondary N) is 1. The van der Waals surface area contributed by atoms with Gasteiger partial charge in [-0.1, -0.05) is 46.6 Å². The molecule has 0 saturated carbocycles. The highest BCUT2D eigenvalue weighted by atomic mass is 79.9. The summed E-state index contributed by atoms with van der Waals surface area (Å²) in [6.07, 6.45) is 0.880. The summed E-state index contributed by atoms with van der Waals surface area (Å²) in [6, 6.07) is 13.7. The van der Waals surface area contributed by atoms with Gasteiger partial charge in [0.2, 0.25) is 0 Å². The van der Waals surface area contributed by atoms with E-state index in [0.717, 1.165) is 32.8 Å². The van der Waals surface area contributed by atoms with Gasteiger partial charge >= 0.3 is 0 Å². The topological polar surface area (TPSA) is 41.5 Å². The van der Waals surface area contributed by atoms with Crippen molar-refractivity contribution < 1.29 is 9.84 Å². The summed E-state index contributed by atoms with van der Waals surface area (Å²) in [5, 5.41) is 13.3. The molecule has 124 valence electrons. The molecule has 0 aliphatic rings. The van der Waals surface area contributed by atoms with Gasteiger partial charge in [-0.25, -0.2) is 0 Å². The average Bonchev–Trinajstić information content (AvgIpc) is 2.56. The lowest BCUT2D eigenvalue weighted by atomic mass is 10.1. The van der Waals surface area contributed by atoms with Gasteiger partial charge in [-0.2, -0.15) is 0 Å². The van der Waals surface area contributed by atoms with Gasteiger partial charge in [0.1, 0.15) is 12.4 Å². The maximum Gasteiger partial charge on any atom is 0.124 e. The molecule has 0 fully saturated rings. The second kappa shape index (κ2) is 9.28. The Bertz CT molecular complexity index is 615. The van der Waals surface area contributed by atoms with Crippen LogP contribution >= 0.6 is 27.5 Å². The molecule has 0 heterocycles. The van der Waals surface area contributed by atoms with Crippen molar-refractivity contribution in [3.63, 3.8) is 0 Å². The molecule has 5 heteroatoms. The molecule has 0 radical (unpaired) electrons. The molecule has 0 bridgehead atoms. The van der Waals surface area contributed by atoms with Crippen molar-refractivity contribution in [3.8, 4) is 5.75 Å². The van der Waals surface area contributed by atoms with E-state index >= 15 is 0 Å². The van der Waals surface area contributed by atoms with Crippen molar-refractivity contribution >= 4 is 27.5 Å². The molecule has 0 saturated heterocycles. The number of hydrogen-bond acceptors (Lipinski definition) is 3. The van der Waals surface area contributed by atoms with E-state index in [0.29, 0.717) is 13.2 Å². The predicted molar refractivity (Wildman–Crippen MR) is 97.9 cm³/mol. The van der Waals surface area contributed by atoms with E-state index in [2.05, 4.69) is 21.2 Å². The number of ether oxygens (including phenoxy) is 1. The molecule has 2 aromatic rings.